The summed E-state index contributed by atoms with van der Waals surface area (Å²) in [6.07, 6.45) is -0.0671. The second kappa shape index (κ2) is 10.0. The van der Waals surface area contributed by atoms with E-state index in [2.05, 4.69) is 10.3 Å². The number of thiophene rings is 1. The van der Waals surface area contributed by atoms with E-state index in [1.165, 1.54) is 29.5 Å². The summed E-state index contributed by atoms with van der Waals surface area (Å²) in [6.45, 7) is 0. The molecule has 4 aromatic rings. The van der Waals surface area contributed by atoms with Crippen LogP contribution in [0.25, 0.3) is 0 Å². The summed E-state index contributed by atoms with van der Waals surface area (Å²) < 4.78 is 33.3. The molecule has 36 heavy (non-hydrogen) atoms. The molecule has 2 unspecified atom stereocenters. The topological polar surface area (TPSA) is 68.3 Å². The first kappa shape index (κ1) is 24.4. The second-order valence-electron chi connectivity index (χ2n) is 7.99. The third-order valence-corrected chi connectivity index (χ3v) is 8.14. The maximum Gasteiger partial charge on any atom is 0.242 e. The number of hydrogen-bond donors (Lipinski definition) is 1. The van der Waals surface area contributed by atoms with Crippen LogP contribution >= 0.6 is 34.7 Å². The molecule has 1 N–H and O–H groups in total. The number of halogens is 3. The van der Waals surface area contributed by atoms with Crippen molar-refractivity contribution in [2.24, 2.45) is 0 Å². The molecule has 0 aliphatic carbocycles. The maximum atomic E-state index is 14.2. The van der Waals surface area contributed by atoms with Crippen LogP contribution in [0.4, 0.5) is 8.78 Å². The van der Waals surface area contributed by atoms with Gasteiger partial charge in [0.25, 0.3) is 0 Å². The zero-order chi connectivity index (χ0) is 25.3. The Hall–Kier alpha value is -3.27. The Morgan fingerprint density at radius 1 is 1.06 bits per heavy atom. The molecule has 1 fully saturated rings. The van der Waals surface area contributed by atoms with Crippen LogP contribution in [-0.4, -0.2) is 21.9 Å². The Morgan fingerprint density at radius 2 is 1.86 bits per heavy atom. The first-order chi connectivity index (χ1) is 17.4. The highest BCUT2D eigenvalue weighted by molar-refractivity contribution is 8.01. The summed E-state index contributed by atoms with van der Waals surface area (Å²) in [5.74, 6) is -3.31. The van der Waals surface area contributed by atoms with Gasteiger partial charge in [-0.2, -0.15) is 15.7 Å². The molecule has 10 heteroatoms. The monoisotopic (exact) mass is 542 g/mol. The SMILES string of the molecule is O=C1CC(c2ccsc2)(c2cccc(Oc3cccc(F)c3F)n2)NC(=O)C1Sc1ccccc1Cl. The Balaban J connectivity index is 1.49. The van der Waals surface area contributed by atoms with E-state index in [-0.39, 0.29) is 23.8 Å². The first-order valence-corrected chi connectivity index (χ1v) is 13.0. The number of pyridine rings is 1. The van der Waals surface area contributed by atoms with Crippen molar-refractivity contribution in [2.45, 2.75) is 22.1 Å². The van der Waals surface area contributed by atoms with Gasteiger partial charge < -0.3 is 10.1 Å². The molecule has 0 spiro atoms. The quantitative estimate of drug-likeness (QED) is 0.287. The molecular formula is C26H17ClF2N2O3S2. The number of amides is 1. The summed E-state index contributed by atoms with van der Waals surface area (Å²) in [4.78, 5) is 31.8. The molecule has 1 saturated heterocycles. The fourth-order valence-corrected chi connectivity index (χ4v) is 5.95. The average Bonchev–Trinajstić information content (AvgIpc) is 3.41. The minimum Gasteiger partial charge on any atom is -0.436 e. The van der Waals surface area contributed by atoms with Gasteiger partial charge in [0.2, 0.25) is 17.6 Å². The van der Waals surface area contributed by atoms with Crippen LogP contribution in [0.15, 0.2) is 82.4 Å². The van der Waals surface area contributed by atoms with E-state index in [1.54, 1.807) is 42.5 Å². The van der Waals surface area contributed by atoms with Crippen molar-refractivity contribution in [2.75, 3.05) is 0 Å². The lowest BCUT2D eigenvalue weighted by molar-refractivity contribution is -0.133. The normalized spacial score (nSPS) is 19.7. The van der Waals surface area contributed by atoms with Gasteiger partial charge in [-0.1, -0.05) is 35.9 Å². The van der Waals surface area contributed by atoms with Gasteiger partial charge in [-0.15, -0.1) is 11.8 Å². The standard InChI is InChI=1S/C26H17ClF2N2O3S2/c27-16-5-1-2-8-20(16)36-24-18(32)13-26(31-25(24)33,15-11-12-35-14-15)21-9-4-10-22(30-21)34-19-7-3-6-17(28)23(19)29/h1-12,14,24H,13H2,(H,31,33). The molecule has 3 heterocycles. The van der Waals surface area contributed by atoms with Crippen LogP contribution in [0.5, 0.6) is 11.6 Å². The fourth-order valence-electron chi connectivity index (χ4n) is 3.98. The molecule has 1 aliphatic heterocycles. The number of rotatable bonds is 6. The van der Waals surface area contributed by atoms with Crippen molar-refractivity contribution in [3.05, 3.63) is 105 Å². The van der Waals surface area contributed by atoms with E-state index in [4.69, 9.17) is 16.3 Å². The lowest BCUT2D eigenvalue weighted by Gasteiger charge is -2.39. The minimum atomic E-state index is -1.26. The van der Waals surface area contributed by atoms with Gasteiger partial charge in [-0.3, -0.25) is 9.59 Å². The number of aromatic nitrogens is 1. The third-order valence-electron chi connectivity index (χ3n) is 5.69. The average molecular weight is 543 g/mol. The number of nitrogens with one attached hydrogen (secondary N) is 1. The summed E-state index contributed by atoms with van der Waals surface area (Å²) in [5.41, 5.74) is -0.249. The van der Waals surface area contributed by atoms with Crippen LogP contribution in [0.3, 0.4) is 0 Å². The molecule has 1 amide bonds. The molecule has 2 atom stereocenters. The van der Waals surface area contributed by atoms with Crippen LogP contribution in [0.2, 0.25) is 5.02 Å². The lowest BCUT2D eigenvalue weighted by atomic mass is 9.79. The van der Waals surface area contributed by atoms with Crippen LogP contribution in [-0.2, 0) is 15.1 Å². The third kappa shape index (κ3) is 4.61. The number of carbonyl (C=O) groups is 2. The van der Waals surface area contributed by atoms with E-state index in [0.29, 0.717) is 21.2 Å². The first-order valence-electron chi connectivity index (χ1n) is 10.8. The number of benzene rings is 2. The molecule has 0 radical (unpaired) electrons. The van der Waals surface area contributed by atoms with Crippen molar-refractivity contribution in [1.82, 2.24) is 10.3 Å². The highest BCUT2D eigenvalue weighted by atomic mass is 35.5. The molecule has 5 rings (SSSR count). The Bertz CT molecular complexity index is 1430. The Morgan fingerprint density at radius 3 is 2.61 bits per heavy atom. The van der Waals surface area contributed by atoms with Crippen LogP contribution in [0.1, 0.15) is 17.7 Å². The molecule has 0 saturated carbocycles. The lowest BCUT2D eigenvalue weighted by Crippen LogP contribution is -2.58. The van der Waals surface area contributed by atoms with Gasteiger partial charge in [0.15, 0.2) is 17.3 Å². The van der Waals surface area contributed by atoms with Crippen molar-refractivity contribution < 1.29 is 23.1 Å². The van der Waals surface area contributed by atoms with E-state index < -0.39 is 28.3 Å². The number of thioether (sulfide) groups is 1. The van der Waals surface area contributed by atoms with Gasteiger partial charge in [0.1, 0.15) is 10.8 Å². The van der Waals surface area contributed by atoms with Gasteiger partial charge in [-0.25, -0.2) is 9.37 Å². The molecular weight excluding hydrogens is 526 g/mol. The summed E-state index contributed by atoms with van der Waals surface area (Å²) in [6, 6.07) is 17.1. The van der Waals surface area contributed by atoms with Gasteiger partial charge in [-0.05, 0) is 52.7 Å². The van der Waals surface area contributed by atoms with E-state index >= 15 is 0 Å². The van der Waals surface area contributed by atoms with E-state index in [1.807, 2.05) is 10.8 Å². The molecule has 5 nitrogen and oxygen atoms in total. The molecule has 2 aromatic carbocycles. The van der Waals surface area contributed by atoms with E-state index in [9.17, 15) is 18.4 Å². The number of ether oxygens (including phenoxy) is 1. The fraction of sp³-hybridized carbons (Fsp3) is 0.115. The summed E-state index contributed by atoms with van der Waals surface area (Å²) in [7, 11) is 0. The van der Waals surface area contributed by atoms with Crippen molar-refractivity contribution >= 4 is 46.4 Å². The molecule has 182 valence electrons. The second-order valence-corrected chi connectivity index (χ2v) is 10.3. The van der Waals surface area contributed by atoms with Crippen molar-refractivity contribution in [3.63, 3.8) is 0 Å². The number of carbonyl (C=O) groups excluding carboxylic acids is 2. The van der Waals surface area contributed by atoms with Gasteiger partial charge in [0.05, 0.1) is 10.7 Å². The number of piperidine rings is 1. The van der Waals surface area contributed by atoms with Crippen molar-refractivity contribution in [1.29, 1.82) is 0 Å². The number of nitrogens with zero attached hydrogens (tertiary/aromatic N) is 1. The maximum absolute atomic E-state index is 14.2. The van der Waals surface area contributed by atoms with Gasteiger partial charge in [0, 0.05) is 17.4 Å². The smallest absolute Gasteiger partial charge is 0.242 e. The predicted octanol–water partition coefficient (Wildman–Crippen LogP) is 6.36. The summed E-state index contributed by atoms with van der Waals surface area (Å²) >= 11 is 8.74. The highest BCUT2D eigenvalue weighted by Gasteiger charge is 2.48. The number of Topliss-reactive ketones (excluding diaryl/α,β-unsaturated/α-hetero) is 1. The van der Waals surface area contributed by atoms with Gasteiger partial charge >= 0.3 is 0 Å². The Labute approximate surface area is 218 Å². The molecule has 1 aliphatic rings. The Kier molecular flexibility index (Phi) is 6.79. The van der Waals surface area contributed by atoms with E-state index in [0.717, 1.165) is 17.8 Å². The van der Waals surface area contributed by atoms with Crippen molar-refractivity contribution in [3.8, 4) is 11.6 Å². The zero-order valence-corrected chi connectivity index (χ0v) is 20.8. The predicted molar refractivity (Wildman–Crippen MR) is 135 cm³/mol. The summed E-state index contributed by atoms with van der Waals surface area (Å²) in [5, 5.41) is 6.14. The largest absolute Gasteiger partial charge is 0.436 e. The zero-order valence-electron chi connectivity index (χ0n) is 18.4. The molecule has 0 bridgehead atoms. The molecule has 2 aromatic heterocycles. The highest BCUT2D eigenvalue weighted by Crippen LogP contribution is 2.41. The number of hydrogen-bond acceptors (Lipinski definition) is 6. The van der Waals surface area contributed by atoms with Crippen LogP contribution in [0, 0.1) is 11.6 Å². The van der Waals surface area contributed by atoms with Crippen LogP contribution < -0.4 is 10.1 Å². The minimum absolute atomic E-state index is 0.0131. The number of ketones is 1.